The summed E-state index contributed by atoms with van der Waals surface area (Å²) in [5.74, 6) is -1.11. The van der Waals surface area contributed by atoms with Gasteiger partial charge < -0.3 is 20.6 Å². The SMILES string of the molecule is CC(C)(C)NC(=O)N[C@H](C(=O)N1C[C@H]2C([C@H]1C(=O)O)C2(C)C)C(C)(C)C. The van der Waals surface area contributed by atoms with Gasteiger partial charge in [-0.05, 0) is 37.5 Å². The van der Waals surface area contributed by atoms with Crippen molar-refractivity contribution in [3.05, 3.63) is 0 Å². The van der Waals surface area contributed by atoms with Crippen LogP contribution in [-0.2, 0) is 9.59 Å². The van der Waals surface area contributed by atoms with Crippen LogP contribution in [0, 0.1) is 22.7 Å². The maximum atomic E-state index is 13.2. The van der Waals surface area contributed by atoms with Crippen LogP contribution in [-0.4, -0.2) is 52.1 Å². The van der Waals surface area contributed by atoms with E-state index in [1.54, 1.807) is 0 Å². The van der Waals surface area contributed by atoms with E-state index >= 15 is 0 Å². The maximum absolute atomic E-state index is 13.2. The van der Waals surface area contributed by atoms with Crippen molar-refractivity contribution in [1.82, 2.24) is 15.5 Å². The van der Waals surface area contributed by atoms with Crippen molar-refractivity contribution in [3.8, 4) is 0 Å². The number of nitrogens with zero attached hydrogens (tertiary/aromatic N) is 1. The standard InChI is InChI=1S/C19H33N3O4/c1-17(2,3)13(20-16(26)21-18(4,5)6)14(23)22-9-10-11(19(10,7)8)12(22)15(24)25/h10-13H,9H2,1-8H3,(H,24,25)(H2,20,21,26)/t10-,11?,12-,13+/m0/s1. The smallest absolute Gasteiger partial charge is 0.326 e. The van der Waals surface area contributed by atoms with E-state index in [-0.39, 0.29) is 23.2 Å². The highest BCUT2D eigenvalue weighted by molar-refractivity contribution is 5.92. The van der Waals surface area contributed by atoms with Gasteiger partial charge in [0, 0.05) is 18.0 Å². The number of carboxylic acid groups (broad SMARTS) is 1. The normalized spacial score (nSPS) is 28.2. The van der Waals surface area contributed by atoms with Gasteiger partial charge in [0.1, 0.15) is 12.1 Å². The Labute approximate surface area is 155 Å². The first-order valence-electron chi connectivity index (χ1n) is 9.19. The Morgan fingerprint density at radius 3 is 2.08 bits per heavy atom. The van der Waals surface area contributed by atoms with Crippen molar-refractivity contribution in [2.45, 2.75) is 73.0 Å². The zero-order valence-corrected chi connectivity index (χ0v) is 17.1. The Morgan fingerprint density at radius 1 is 1.12 bits per heavy atom. The van der Waals surface area contributed by atoms with Gasteiger partial charge in [-0.3, -0.25) is 4.79 Å². The van der Waals surface area contributed by atoms with Gasteiger partial charge in [-0.1, -0.05) is 34.6 Å². The maximum Gasteiger partial charge on any atom is 0.326 e. The number of piperidine rings is 1. The molecular weight excluding hydrogens is 334 g/mol. The van der Waals surface area contributed by atoms with Crippen LogP contribution in [0.1, 0.15) is 55.4 Å². The Bertz CT molecular complexity index is 615. The van der Waals surface area contributed by atoms with Crippen molar-refractivity contribution in [2.75, 3.05) is 6.54 Å². The fraction of sp³-hybridized carbons (Fsp3) is 0.842. The Kier molecular flexibility index (Phi) is 4.84. The fourth-order valence-electron chi connectivity index (χ4n) is 4.12. The molecule has 0 aromatic rings. The topological polar surface area (TPSA) is 98.7 Å². The number of carbonyl (C=O) groups is 3. The molecule has 0 bridgehead atoms. The van der Waals surface area contributed by atoms with E-state index in [1.165, 1.54) is 4.90 Å². The van der Waals surface area contributed by atoms with E-state index in [0.717, 1.165) is 0 Å². The van der Waals surface area contributed by atoms with Crippen molar-refractivity contribution in [3.63, 3.8) is 0 Å². The fourth-order valence-corrected chi connectivity index (χ4v) is 4.12. The van der Waals surface area contributed by atoms with Crippen LogP contribution >= 0.6 is 0 Å². The largest absolute Gasteiger partial charge is 0.480 e. The molecule has 2 rings (SSSR count). The summed E-state index contributed by atoms with van der Waals surface area (Å²) >= 11 is 0. The molecule has 0 aromatic carbocycles. The summed E-state index contributed by atoms with van der Waals surface area (Å²) in [6.07, 6.45) is 0. The number of hydrogen-bond donors (Lipinski definition) is 3. The molecule has 148 valence electrons. The third-order valence-electron chi connectivity index (χ3n) is 5.62. The van der Waals surface area contributed by atoms with Gasteiger partial charge in [0.15, 0.2) is 0 Å². The predicted molar refractivity (Wildman–Crippen MR) is 98.6 cm³/mol. The molecule has 1 aliphatic carbocycles. The molecule has 3 amide bonds. The Balaban J connectivity index is 2.20. The number of rotatable bonds is 3. The van der Waals surface area contributed by atoms with Gasteiger partial charge in [-0.15, -0.1) is 0 Å². The zero-order valence-electron chi connectivity index (χ0n) is 17.1. The Morgan fingerprint density at radius 2 is 1.65 bits per heavy atom. The van der Waals surface area contributed by atoms with Crippen molar-refractivity contribution in [2.24, 2.45) is 22.7 Å². The van der Waals surface area contributed by atoms with Gasteiger partial charge in [-0.25, -0.2) is 9.59 Å². The molecule has 1 saturated carbocycles. The summed E-state index contributed by atoms with van der Waals surface area (Å²) in [5.41, 5.74) is -1.02. The van der Waals surface area contributed by atoms with E-state index < -0.39 is 35.0 Å². The molecule has 0 aromatic heterocycles. The third kappa shape index (κ3) is 3.81. The van der Waals surface area contributed by atoms with Crippen molar-refractivity contribution < 1.29 is 19.5 Å². The minimum atomic E-state index is -0.969. The van der Waals surface area contributed by atoms with Crippen LogP contribution in [0.3, 0.4) is 0 Å². The number of carbonyl (C=O) groups excluding carboxylic acids is 2. The molecule has 0 radical (unpaired) electrons. The lowest BCUT2D eigenvalue weighted by molar-refractivity contribution is -0.152. The lowest BCUT2D eigenvalue weighted by Gasteiger charge is -2.37. The van der Waals surface area contributed by atoms with Crippen LogP contribution in [0.25, 0.3) is 0 Å². The molecule has 4 atom stereocenters. The molecule has 7 nitrogen and oxygen atoms in total. The van der Waals surface area contributed by atoms with Crippen LogP contribution < -0.4 is 10.6 Å². The summed E-state index contributed by atoms with van der Waals surface area (Å²) in [5, 5.41) is 15.2. The second-order valence-corrected chi connectivity index (χ2v) is 10.4. The number of urea groups is 1. The Hall–Kier alpha value is -1.79. The first-order valence-corrected chi connectivity index (χ1v) is 9.19. The number of likely N-dealkylation sites (tertiary alicyclic amines) is 1. The second kappa shape index (κ2) is 6.13. The number of aliphatic carboxylic acids is 1. The number of hydrogen-bond acceptors (Lipinski definition) is 3. The van der Waals surface area contributed by atoms with Gasteiger partial charge >= 0.3 is 12.0 Å². The minimum Gasteiger partial charge on any atom is -0.480 e. The molecule has 3 N–H and O–H groups in total. The summed E-state index contributed by atoms with van der Waals surface area (Å²) < 4.78 is 0. The van der Waals surface area contributed by atoms with Crippen LogP contribution in [0.2, 0.25) is 0 Å². The molecule has 7 heteroatoms. The lowest BCUT2D eigenvalue weighted by atomic mass is 9.85. The molecule has 1 heterocycles. The number of fused-ring (bicyclic) bond motifs is 1. The van der Waals surface area contributed by atoms with Gasteiger partial charge in [-0.2, -0.15) is 0 Å². The molecule has 26 heavy (non-hydrogen) atoms. The summed E-state index contributed by atoms with van der Waals surface area (Å²) in [7, 11) is 0. The highest BCUT2D eigenvalue weighted by Gasteiger charge is 2.70. The first-order chi connectivity index (χ1) is 11.6. The molecule has 1 aliphatic heterocycles. The zero-order chi connectivity index (χ0) is 20.2. The van der Waals surface area contributed by atoms with E-state index in [1.807, 2.05) is 41.5 Å². The summed E-state index contributed by atoms with van der Waals surface area (Å²) in [6, 6.07) is -2.05. The van der Waals surface area contributed by atoms with Crippen LogP contribution in [0.4, 0.5) is 4.79 Å². The number of carboxylic acids is 1. The minimum absolute atomic E-state index is 0.0204. The van der Waals surface area contributed by atoms with Gasteiger partial charge in [0.05, 0.1) is 0 Å². The highest BCUT2D eigenvalue weighted by atomic mass is 16.4. The lowest BCUT2D eigenvalue weighted by Crippen LogP contribution is -2.60. The molecule has 2 fully saturated rings. The van der Waals surface area contributed by atoms with Crippen molar-refractivity contribution in [1.29, 1.82) is 0 Å². The monoisotopic (exact) mass is 367 g/mol. The highest BCUT2D eigenvalue weighted by Crippen LogP contribution is 2.64. The average Bonchev–Trinajstić information content (AvgIpc) is 2.81. The average molecular weight is 367 g/mol. The quantitative estimate of drug-likeness (QED) is 0.711. The molecule has 1 saturated heterocycles. The first kappa shape index (κ1) is 20.5. The van der Waals surface area contributed by atoms with Crippen LogP contribution in [0.5, 0.6) is 0 Å². The van der Waals surface area contributed by atoms with E-state index in [2.05, 4.69) is 24.5 Å². The number of nitrogens with one attached hydrogen (secondary N) is 2. The van der Waals surface area contributed by atoms with Crippen molar-refractivity contribution >= 4 is 17.9 Å². The third-order valence-corrected chi connectivity index (χ3v) is 5.62. The summed E-state index contributed by atoms with van der Waals surface area (Å²) in [4.78, 5) is 38.8. The summed E-state index contributed by atoms with van der Waals surface area (Å²) in [6.45, 7) is 15.7. The number of amides is 3. The molecule has 1 unspecified atom stereocenters. The van der Waals surface area contributed by atoms with Gasteiger partial charge in [0.25, 0.3) is 0 Å². The molecule has 0 spiro atoms. The van der Waals surface area contributed by atoms with E-state index in [4.69, 9.17) is 0 Å². The molecular formula is C19H33N3O4. The van der Waals surface area contributed by atoms with E-state index in [9.17, 15) is 19.5 Å². The van der Waals surface area contributed by atoms with Gasteiger partial charge in [0.2, 0.25) is 5.91 Å². The predicted octanol–water partition coefficient (Wildman–Crippen LogP) is 2.07. The molecule has 2 aliphatic rings. The van der Waals surface area contributed by atoms with E-state index in [0.29, 0.717) is 6.54 Å². The second-order valence-electron chi connectivity index (χ2n) is 10.4. The van der Waals surface area contributed by atoms with Crippen LogP contribution in [0.15, 0.2) is 0 Å².